The van der Waals surface area contributed by atoms with Crippen LogP contribution >= 0.6 is 28.1 Å². The van der Waals surface area contributed by atoms with Crippen molar-refractivity contribution in [1.82, 2.24) is 10.2 Å². The van der Waals surface area contributed by atoms with Crippen LogP contribution in [0, 0.1) is 5.82 Å². The molecule has 0 aromatic heterocycles. The molecule has 1 fully saturated rings. The van der Waals surface area contributed by atoms with Gasteiger partial charge >= 0.3 is 0 Å². The van der Waals surface area contributed by atoms with Crippen molar-refractivity contribution in [3.05, 3.63) is 63.5 Å². The fraction of sp³-hybridized carbons (Fsp3) is 0.158. The summed E-state index contributed by atoms with van der Waals surface area (Å²) in [6.07, 6.45) is 1.67. The lowest BCUT2D eigenvalue weighted by Gasteiger charge is -2.14. The first-order chi connectivity index (χ1) is 12.9. The molecule has 3 rings (SSSR count). The van der Waals surface area contributed by atoms with Crippen molar-refractivity contribution in [2.45, 2.75) is 6.61 Å². The van der Waals surface area contributed by atoms with Gasteiger partial charge in [-0.1, -0.05) is 18.2 Å². The number of nitrogens with one attached hydrogen (secondary N) is 1. The third-order valence-electron chi connectivity index (χ3n) is 3.97. The maximum Gasteiger partial charge on any atom is 0.276 e. The Balaban J connectivity index is 1.87. The van der Waals surface area contributed by atoms with Crippen molar-refractivity contribution in [2.24, 2.45) is 0 Å². The summed E-state index contributed by atoms with van der Waals surface area (Å²) >= 11 is 8.52. The van der Waals surface area contributed by atoms with Crippen LogP contribution in [0.15, 0.2) is 46.6 Å². The lowest BCUT2D eigenvalue weighted by molar-refractivity contribution is -0.121. The summed E-state index contributed by atoms with van der Waals surface area (Å²) in [5.74, 6) is 0.352. The van der Waals surface area contributed by atoms with E-state index in [0.29, 0.717) is 37.9 Å². The molecule has 0 atom stereocenters. The lowest BCUT2D eigenvalue weighted by atomic mass is 10.1. The van der Waals surface area contributed by atoms with Crippen molar-refractivity contribution in [3.63, 3.8) is 0 Å². The zero-order valence-electron chi connectivity index (χ0n) is 14.6. The summed E-state index contributed by atoms with van der Waals surface area (Å²) in [6, 6.07) is 9.92. The second kappa shape index (κ2) is 8.06. The van der Waals surface area contributed by atoms with Crippen LogP contribution in [0.2, 0.25) is 0 Å². The van der Waals surface area contributed by atoms with Gasteiger partial charge in [0.05, 0.1) is 11.6 Å². The molecular formula is C19H16BrFN2O3S. The number of amides is 1. The Morgan fingerprint density at radius 2 is 2.07 bits per heavy atom. The van der Waals surface area contributed by atoms with Crippen LogP contribution in [0.4, 0.5) is 4.39 Å². The van der Waals surface area contributed by atoms with Gasteiger partial charge in [-0.2, -0.15) is 0 Å². The zero-order chi connectivity index (χ0) is 19.6. The number of hydrogen-bond donors (Lipinski definition) is 1. The molecule has 1 amide bonds. The van der Waals surface area contributed by atoms with Crippen LogP contribution in [0.25, 0.3) is 6.08 Å². The van der Waals surface area contributed by atoms with Gasteiger partial charge in [-0.25, -0.2) is 4.39 Å². The van der Waals surface area contributed by atoms with E-state index in [9.17, 15) is 9.18 Å². The first-order valence-electron chi connectivity index (χ1n) is 7.95. The maximum absolute atomic E-state index is 13.8. The molecule has 8 heteroatoms. The topological polar surface area (TPSA) is 50.8 Å². The highest BCUT2D eigenvalue weighted by Crippen LogP contribution is 2.38. The van der Waals surface area contributed by atoms with Crippen molar-refractivity contribution in [2.75, 3.05) is 14.2 Å². The molecule has 5 nitrogen and oxygen atoms in total. The van der Waals surface area contributed by atoms with Crippen molar-refractivity contribution < 1.29 is 18.7 Å². The molecule has 0 radical (unpaired) electrons. The molecule has 0 spiro atoms. The molecule has 27 heavy (non-hydrogen) atoms. The number of nitrogens with zero attached hydrogens (tertiary/aromatic N) is 1. The molecule has 1 heterocycles. The van der Waals surface area contributed by atoms with E-state index in [2.05, 4.69) is 21.2 Å². The van der Waals surface area contributed by atoms with Crippen LogP contribution in [0.3, 0.4) is 0 Å². The van der Waals surface area contributed by atoms with Crippen LogP contribution < -0.4 is 14.8 Å². The van der Waals surface area contributed by atoms with E-state index in [0.717, 1.165) is 0 Å². The molecule has 1 N–H and O–H groups in total. The second-order valence-corrected chi connectivity index (χ2v) is 7.01. The summed E-state index contributed by atoms with van der Waals surface area (Å²) in [7, 11) is 3.12. The Morgan fingerprint density at radius 1 is 1.33 bits per heavy atom. The van der Waals surface area contributed by atoms with Gasteiger partial charge in [0.25, 0.3) is 5.91 Å². The number of carbonyl (C=O) groups excluding carboxylic acids is 1. The molecule has 0 unspecified atom stereocenters. The number of carbonyl (C=O) groups is 1. The van der Waals surface area contributed by atoms with Gasteiger partial charge in [0.2, 0.25) is 0 Å². The summed E-state index contributed by atoms with van der Waals surface area (Å²) in [4.78, 5) is 13.5. The zero-order valence-corrected chi connectivity index (χ0v) is 17.0. The molecular weight excluding hydrogens is 435 g/mol. The van der Waals surface area contributed by atoms with E-state index in [1.165, 1.54) is 18.1 Å². The fourth-order valence-corrected chi connectivity index (χ4v) is 3.29. The van der Waals surface area contributed by atoms with E-state index in [-0.39, 0.29) is 18.3 Å². The van der Waals surface area contributed by atoms with Crippen LogP contribution in [0.1, 0.15) is 11.1 Å². The standard InChI is InChI=1S/C19H16BrFN2O3S/c1-23-18(24)15(22-19(23)27)8-11-7-13(20)17(16(9-11)25-2)26-10-12-5-3-4-6-14(12)21/h3-9H,10H2,1-2H3,(H,22,27)/b15-8-. The molecule has 0 aliphatic carbocycles. The Bertz CT molecular complexity index is 949. The van der Waals surface area contributed by atoms with E-state index in [1.54, 1.807) is 43.5 Å². The molecule has 2 aromatic carbocycles. The van der Waals surface area contributed by atoms with Gasteiger partial charge < -0.3 is 14.8 Å². The second-order valence-electron chi connectivity index (χ2n) is 5.77. The Kier molecular flexibility index (Phi) is 5.76. The Hall–Kier alpha value is -2.45. The summed E-state index contributed by atoms with van der Waals surface area (Å²) < 4.78 is 25.6. The maximum atomic E-state index is 13.8. The molecule has 0 saturated carbocycles. The minimum Gasteiger partial charge on any atom is -0.493 e. The van der Waals surface area contributed by atoms with E-state index >= 15 is 0 Å². The SMILES string of the molecule is COc1cc(/C=C2\NC(=S)N(C)C2=O)cc(Br)c1OCc1ccccc1F. The van der Waals surface area contributed by atoms with E-state index < -0.39 is 0 Å². The predicted molar refractivity (Wildman–Crippen MR) is 108 cm³/mol. The largest absolute Gasteiger partial charge is 0.493 e. The minimum absolute atomic E-state index is 0.0567. The van der Waals surface area contributed by atoms with Crippen molar-refractivity contribution in [3.8, 4) is 11.5 Å². The summed E-state index contributed by atoms with van der Waals surface area (Å²) in [5.41, 5.74) is 1.53. The molecule has 140 valence electrons. The number of thiocarbonyl (C=S) groups is 1. The van der Waals surface area contributed by atoms with E-state index in [4.69, 9.17) is 21.7 Å². The van der Waals surface area contributed by atoms with Gasteiger partial charge in [-0.15, -0.1) is 0 Å². The van der Waals surface area contributed by atoms with Gasteiger partial charge in [0, 0.05) is 12.6 Å². The third-order valence-corrected chi connectivity index (χ3v) is 4.94. The summed E-state index contributed by atoms with van der Waals surface area (Å²) in [5, 5.41) is 3.22. The van der Waals surface area contributed by atoms with Gasteiger partial charge in [0.1, 0.15) is 18.1 Å². The van der Waals surface area contributed by atoms with Crippen LogP contribution in [0.5, 0.6) is 11.5 Å². The smallest absolute Gasteiger partial charge is 0.276 e. The molecule has 1 aliphatic rings. The third kappa shape index (κ3) is 4.12. The molecule has 2 aromatic rings. The monoisotopic (exact) mass is 450 g/mol. The number of benzene rings is 2. The first kappa shape index (κ1) is 19.3. The highest BCUT2D eigenvalue weighted by molar-refractivity contribution is 9.10. The first-order valence-corrected chi connectivity index (χ1v) is 9.15. The number of rotatable bonds is 5. The predicted octanol–water partition coefficient (Wildman–Crippen LogP) is 3.86. The van der Waals surface area contributed by atoms with Gasteiger partial charge in [-0.3, -0.25) is 9.69 Å². The average Bonchev–Trinajstić information content (AvgIpc) is 2.88. The number of hydrogen-bond acceptors (Lipinski definition) is 4. The molecule has 1 saturated heterocycles. The number of halogens is 2. The summed E-state index contributed by atoms with van der Waals surface area (Å²) in [6.45, 7) is 0.0567. The van der Waals surface area contributed by atoms with Crippen LogP contribution in [-0.4, -0.2) is 30.1 Å². The lowest BCUT2D eigenvalue weighted by Crippen LogP contribution is -2.25. The van der Waals surface area contributed by atoms with E-state index in [1.807, 2.05) is 0 Å². The quantitative estimate of drug-likeness (QED) is 0.553. The molecule has 0 bridgehead atoms. The Labute approximate surface area is 169 Å². The number of methoxy groups -OCH3 is 1. The Morgan fingerprint density at radius 3 is 2.70 bits per heavy atom. The van der Waals surface area contributed by atoms with Crippen molar-refractivity contribution in [1.29, 1.82) is 0 Å². The number of ether oxygens (including phenoxy) is 2. The van der Waals surface area contributed by atoms with Crippen molar-refractivity contribution >= 4 is 45.2 Å². The highest BCUT2D eigenvalue weighted by Gasteiger charge is 2.27. The molecule has 1 aliphatic heterocycles. The normalized spacial score (nSPS) is 15.3. The highest BCUT2D eigenvalue weighted by atomic mass is 79.9. The van der Waals surface area contributed by atoms with Crippen LogP contribution in [-0.2, 0) is 11.4 Å². The van der Waals surface area contributed by atoms with Gasteiger partial charge in [-0.05, 0) is 58.0 Å². The van der Waals surface area contributed by atoms with Gasteiger partial charge in [0.15, 0.2) is 16.6 Å². The number of likely N-dealkylation sites (N-methyl/N-ethyl adjacent to an activating group) is 1. The minimum atomic E-state index is -0.333. The fourth-order valence-electron chi connectivity index (χ4n) is 2.52. The average molecular weight is 451 g/mol.